The maximum atomic E-state index is 12.1. The summed E-state index contributed by atoms with van der Waals surface area (Å²) in [5.41, 5.74) is 1.07. The molecule has 0 spiro atoms. The molecule has 1 aliphatic heterocycles. The summed E-state index contributed by atoms with van der Waals surface area (Å²) < 4.78 is 0. The van der Waals surface area contributed by atoms with E-state index in [0.717, 1.165) is 52.1 Å². The molecule has 0 atom stereocenters. The maximum Gasteiger partial charge on any atom is 0.259 e. The van der Waals surface area contributed by atoms with Crippen molar-refractivity contribution in [1.29, 1.82) is 0 Å². The van der Waals surface area contributed by atoms with Crippen LogP contribution in [0, 0.1) is 19.8 Å². The number of thiophene rings is 1. The van der Waals surface area contributed by atoms with Crippen molar-refractivity contribution in [2.24, 2.45) is 5.92 Å². The van der Waals surface area contributed by atoms with Gasteiger partial charge in [0.15, 0.2) is 0 Å². The highest BCUT2D eigenvalue weighted by Crippen LogP contribution is 2.26. The van der Waals surface area contributed by atoms with Crippen LogP contribution >= 0.6 is 23.1 Å². The number of rotatable bonds is 4. The van der Waals surface area contributed by atoms with Crippen molar-refractivity contribution < 1.29 is 0 Å². The first-order chi connectivity index (χ1) is 9.15. The Morgan fingerprint density at radius 3 is 2.89 bits per heavy atom. The van der Waals surface area contributed by atoms with Crippen LogP contribution in [0.3, 0.4) is 0 Å². The van der Waals surface area contributed by atoms with E-state index < -0.39 is 0 Å². The highest BCUT2D eigenvalue weighted by molar-refractivity contribution is 7.98. The fourth-order valence-electron chi connectivity index (χ4n) is 2.16. The van der Waals surface area contributed by atoms with Crippen LogP contribution < -0.4 is 10.9 Å². The summed E-state index contributed by atoms with van der Waals surface area (Å²) in [4.78, 5) is 21.6. The van der Waals surface area contributed by atoms with Crippen LogP contribution in [0.15, 0.2) is 4.79 Å². The van der Waals surface area contributed by atoms with Crippen LogP contribution in [-0.4, -0.2) is 28.8 Å². The summed E-state index contributed by atoms with van der Waals surface area (Å²) in [6.45, 7) is 6.28. The summed E-state index contributed by atoms with van der Waals surface area (Å²) in [5, 5.41) is 4.03. The molecular formula is C13H17N3OS2. The third-order valence-corrected chi connectivity index (χ3v) is 5.83. The molecule has 19 heavy (non-hydrogen) atoms. The lowest BCUT2D eigenvalue weighted by Gasteiger charge is -2.26. The molecule has 0 radical (unpaired) electrons. The number of aromatic nitrogens is 2. The van der Waals surface area contributed by atoms with Crippen LogP contribution in [-0.2, 0) is 5.75 Å². The van der Waals surface area contributed by atoms with Gasteiger partial charge < -0.3 is 10.3 Å². The van der Waals surface area contributed by atoms with Crippen molar-refractivity contribution in [3.8, 4) is 0 Å². The number of aromatic amines is 1. The molecule has 2 aromatic rings. The smallest absolute Gasteiger partial charge is 0.259 e. The van der Waals surface area contributed by atoms with Gasteiger partial charge in [0.05, 0.1) is 11.1 Å². The number of thioether (sulfide) groups is 1. The highest BCUT2D eigenvalue weighted by Gasteiger charge is 2.17. The van der Waals surface area contributed by atoms with Gasteiger partial charge in [-0.05, 0) is 44.2 Å². The zero-order chi connectivity index (χ0) is 13.4. The predicted molar refractivity (Wildman–Crippen MR) is 82.2 cm³/mol. The minimum atomic E-state index is 0.00719. The van der Waals surface area contributed by atoms with Crippen molar-refractivity contribution in [3.63, 3.8) is 0 Å². The predicted octanol–water partition coefficient (Wildman–Crippen LogP) is 2.05. The van der Waals surface area contributed by atoms with Crippen molar-refractivity contribution in [1.82, 2.24) is 15.3 Å². The summed E-state index contributed by atoms with van der Waals surface area (Å²) in [7, 11) is 0. The van der Waals surface area contributed by atoms with E-state index in [2.05, 4.69) is 15.3 Å². The normalized spacial score (nSPS) is 15.9. The van der Waals surface area contributed by atoms with Crippen LogP contribution in [0.1, 0.15) is 16.3 Å². The van der Waals surface area contributed by atoms with Gasteiger partial charge in [0, 0.05) is 4.88 Å². The Kier molecular flexibility index (Phi) is 3.64. The summed E-state index contributed by atoms with van der Waals surface area (Å²) in [6, 6.07) is 0. The Labute approximate surface area is 120 Å². The van der Waals surface area contributed by atoms with E-state index in [-0.39, 0.29) is 5.56 Å². The van der Waals surface area contributed by atoms with Crippen LogP contribution in [0.4, 0.5) is 0 Å². The molecular weight excluding hydrogens is 278 g/mol. The maximum absolute atomic E-state index is 12.1. The van der Waals surface area contributed by atoms with Gasteiger partial charge in [-0.2, -0.15) is 11.8 Å². The molecule has 2 aromatic heterocycles. The van der Waals surface area contributed by atoms with E-state index in [9.17, 15) is 4.79 Å². The van der Waals surface area contributed by atoms with Crippen LogP contribution in [0.2, 0.25) is 0 Å². The fraction of sp³-hybridized carbons (Fsp3) is 0.538. The number of hydrogen-bond donors (Lipinski definition) is 2. The van der Waals surface area contributed by atoms with Gasteiger partial charge in [-0.3, -0.25) is 4.79 Å². The monoisotopic (exact) mass is 295 g/mol. The first-order valence-electron chi connectivity index (χ1n) is 6.42. The lowest BCUT2D eigenvalue weighted by atomic mass is 10.1. The number of hydrogen-bond acceptors (Lipinski definition) is 5. The Hall–Kier alpha value is -0.850. The first kappa shape index (κ1) is 13.1. The van der Waals surface area contributed by atoms with Gasteiger partial charge in [-0.1, -0.05) is 0 Å². The van der Waals surface area contributed by atoms with Gasteiger partial charge >= 0.3 is 0 Å². The Bertz CT molecular complexity index is 658. The zero-order valence-corrected chi connectivity index (χ0v) is 12.7. The lowest BCUT2D eigenvalue weighted by Crippen LogP contribution is -2.43. The third-order valence-electron chi connectivity index (χ3n) is 3.55. The molecule has 3 heterocycles. The molecule has 0 unspecified atom stereocenters. The van der Waals surface area contributed by atoms with Crippen LogP contribution in [0.5, 0.6) is 0 Å². The van der Waals surface area contributed by atoms with Crippen LogP contribution in [0.25, 0.3) is 10.2 Å². The van der Waals surface area contributed by atoms with E-state index in [4.69, 9.17) is 0 Å². The van der Waals surface area contributed by atoms with Gasteiger partial charge in [0.25, 0.3) is 5.56 Å². The summed E-state index contributed by atoms with van der Waals surface area (Å²) in [6.07, 6.45) is 0. The quantitative estimate of drug-likeness (QED) is 0.906. The largest absolute Gasteiger partial charge is 0.316 e. The second-order valence-corrected chi connectivity index (χ2v) is 7.25. The Morgan fingerprint density at radius 2 is 2.21 bits per heavy atom. The van der Waals surface area contributed by atoms with Gasteiger partial charge in [0.1, 0.15) is 10.7 Å². The molecule has 6 heteroatoms. The van der Waals surface area contributed by atoms with Crippen molar-refractivity contribution in [3.05, 3.63) is 26.6 Å². The molecule has 0 amide bonds. The van der Waals surface area contributed by atoms with Crippen molar-refractivity contribution >= 4 is 33.3 Å². The molecule has 1 aliphatic rings. The van der Waals surface area contributed by atoms with Crippen molar-refractivity contribution in [2.45, 2.75) is 19.6 Å². The first-order valence-corrected chi connectivity index (χ1v) is 8.39. The highest BCUT2D eigenvalue weighted by atomic mass is 32.2. The topological polar surface area (TPSA) is 57.8 Å². The van der Waals surface area contributed by atoms with E-state index >= 15 is 0 Å². The molecule has 2 N–H and O–H groups in total. The third kappa shape index (κ3) is 2.57. The Balaban J connectivity index is 1.78. The van der Waals surface area contributed by atoms with Crippen molar-refractivity contribution in [2.75, 3.05) is 18.8 Å². The molecule has 0 aromatic carbocycles. The second-order valence-electron chi connectivity index (χ2n) is 5.02. The van der Waals surface area contributed by atoms with Gasteiger partial charge in [-0.15, -0.1) is 11.3 Å². The number of nitrogens with one attached hydrogen (secondary N) is 2. The molecule has 1 fully saturated rings. The number of aryl methyl sites for hydroxylation is 2. The Morgan fingerprint density at radius 1 is 1.42 bits per heavy atom. The molecule has 4 nitrogen and oxygen atoms in total. The second kappa shape index (κ2) is 5.26. The van der Waals surface area contributed by atoms with E-state index in [1.54, 1.807) is 11.3 Å². The molecule has 0 aliphatic carbocycles. The SMILES string of the molecule is Cc1sc2nc(CSCC3CNC3)[nH]c(=O)c2c1C. The molecule has 3 rings (SSSR count). The number of nitrogens with zero attached hydrogens (tertiary/aromatic N) is 1. The lowest BCUT2D eigenvalue weighted by molar-refractivity contribution is 0.385. The van der Waals surface area contributed by atoms with E-state index in [1.165, 1.54) is 4.88 Å². The fourth-order valence-corrected chi connectivity index (χ4v) is 4.22. The molecule has 102 valence electrons. The standard InChI is InChI=1S/C13H17N3OS2/c1-7-8(2)19-13-11(7)12(17)15-10(16-13)6-18-5-9-3-14-4-9/h9,14H,3-6H2,1-2H3,(H,15,16,17). The van der Waals surface area contributed by atoms with E-state index in [1.807, 2.05) is 25.6 Å². The number of fused-ring (bicyclic) bond motifs is 1. The minimum Gasteiger partial charge on any atom is -0.316 e. The zero-order valence-electron chi connectivity index (χ0n) is 11.1. The summed E-state index contributed by atoms with van der Waals surface area (Å²) >= 11 is 3.46. The number of H-pyrrole nitrogens is 1. The van der Waals surface area contributed by atoms with E-state index in [0.29, 0.717) is 0 Å². The molecule has 0 saturated carbocycles. The average Bonchev–Trinajstić information content (AvgIpc) is 2.58. The average molecular weight is 295 g/mol. The molecule has 0 bridgehead atoms. The molecule has 1 saturated heterocycles. The van der Waals surface area contributed by atoms with Gasteiger partial charge in [-0.25, -0.2) is 4.98 Å². The van der Waals surface area contributed by atoms with Gasteiger partial charge in [0.2, 0.25) is 0 Å². The minimum absolute atomic E-state index is 0.00719. The summed E-state index contributed by atoms with van der Waals surface area (Å²) in [5.74, 6) is 3.51.